The van der Waals surface area contributed by atoms with Crippen molar-refractivity contribution in [1.82, 2.24) is 14.8 Å². The molecule has 27 heavy (non-hydrogen) atoms. The molecule has 3 rings (SSSR count). The zero-order valence-electron chi connectivity index (χ0n) is 14.2. The fourth-order valence-corrected chi connectivity index (χ4v) is 3.14. The Balaban J connectivity index is 1.72. The minimum atomic E-state index is -0.421. The third-order valence-electron chi connectivity index (χ3n) is 3.57. The molecule has 0 unspecified atom stereocenters. The molecule has 0 spiro atoms. The first kappa shape index (κ1) is 18.8. The smallest absolute Gasteiger partial charge is 0.234 e. The summed E-state index contributed by atoms with van der Waals surface area (Å²) in [7, 11) is 0. The number of aromatic nitrogens is 3. The van der Waals surface area contributed by atoms with Crippen LogP contribution in [0.2, 0.25) is 0 Å². The number of carbonyl (C=O) groups excluding carboxylic acids is 1. The van der Waals surface area contributed by atoms with Crippen LogP contribution in [-0.4, -0.2) is 26.4 Å². The lowest BCUT2D eigenvalue weighted by Crippen LogP contribution is -2.14. The van der Waals surface area contributed by atoms with Gasteiger partial charge in [0.1, 0.15) is 11.6 Å². The first-order chi connectivity index (χ1) is 13.1. The lowest BCUT2D eigenvalue weighted by Gasteiger charge is -2.08. The lowest BCUT2D eigenvalue weighted by atomic mass is 10.2. The van der Waals surface area contributed by atoms with Crippen LogP contribution in [0, 0.1) is 11.6 Å². The number of amides is 1. The minimum Gasteiger partial charge on any atom is -0.325 e. The van der Waals surface area contributed by atoms with E-state index >= 15 is 0 Å². The lowest BCUT2D eigenvalue weighted by molar-refractivity contribution is -0.113. The van der Waals surface area contributed by atoms with Crippen molar-refractivity contribution >= 4 is 23.4 Å². The van der Waals surface area contributed by atoms with Gasteiger partial charge in [0.25, 0.3) is 0 Å². The summed E-state index contributed by atoms with van der Waals surface area (Å²) in [6.45, 7) is 4.16. The number of anilines is 1. The minimum absolute atomic E-state index is 0.0786. The predicted octanol–water partition coefficient (Wildman–Crippen LogP) is 4.14. The van der Waals surface area contributed by atoms with Gasteiger partial charge in [0, 0.05) is 17.8 Å². The SMILES string of the molecule is C=CCn1c(SCC(=O)Nc2cccc(F)c2)nnc1-c1ccc(F)cc1. The van der Waals surface area contributed by atoms with Crippen LogP contribution in [-0.2, 0) is 11.3 Å². The number of thioether (sulfide) groups is 1. The van der Waals surface area contributed by atoms with Crippen molar-refractivity contribution in [1.29, 1.82) is 0 Å². The number of hydrogen-bond donors (Lipinski definition) is 1. The van der Waals surface area contributed by atoms with Crippen LogP contribution in [0.25, 0.3) is 11.4 Å². The number of nitrogens with one attached hydrogen (secondary N) is 1. The number of carbonyl (C=O) groups is 1. The van der Waals surface area contributed by atoms with Gasteiger partial charge in [0.2, 0.25) is 5.91 Å². The van der Waals surface area contributed by atoms with Gasteiger partial charge in [0.15, 0.2) is 11.0 Å². The summed E-state index contributed by atoms with van der Waals surface area (Å²) in [5.74, 6) is -0.410. The van der Waals surface area contributed by atoms with Crippen molar-refractivity contribution in [2.45, 2.75) is 11.7 Å². The summed E-state index contributed by atoms with van der Waals surface area (Å²) in [6.07, 6.45) is 1.69. The number of hydrogen-bond acceptors (Lipinski definition) is 4. The molecule has 1 amide bonds. The van der Waals surface area contributed by atoms with Crippen LogP contribution < -0.4 is 5.32 Å². The molecule has 8 heteroatoms. The van der Waals surface area contributed by atoms with Gasteiger partial charge in [-0.25, -0.2) is 8.78 Å². The van der Waals surface area contributed by atoms with Gasteiger partial charge >= 0.3 is 0 Å². The molecule has 0 aliphatic carbocycles. The van der Waals surface area contributed by atoms with Crippen molar-refractivity contribution < 1.29 is 13.6 Å². The van der Waals surface area contributed by atoms with Crippen molar-refractivity contribution in [3.05, 3.63) is 72.8 Å². The molecule has 0 bridgehead atoms. The molecule has 2 aromatic carbocycles. The number of allylic oxidation sites excluding steroid dienone is 1. The maximum atomic E-state index is 13.2. The molecule has 0 fully saturated rings. The average Bonchev–Trinajstić information content (AvgIpc) is 3.04. The van der Waals surface area contributed by atoms with E-state index in [4.69, 9.17) is 0 Å². The van der Waals surface area contributed by atoms with E-state index in [-0.39, 0.29) is 17.5 Å². The maximum Gasteiger partial charge on any atom is 0.234 e. The Labute approximate surface area is 159 Å². The molecule has 1 heterocycles. The second-order valence-electron chi connectivity index (χ2n) is 5.56. The van der Waals surface area contributed by atoms with Gasteiger partial charge in [-0.15, -0.1) is 16.8 Å². The molecule has 0 aliphatic rings. The predicted molar refractivity (Wildman–Crippen MR) is 101 cm³/mol. The van der Waals surface area contributed by atoms with Crippen LogP contribution in [0.1, 0.15) is 0 Å². The average molecular weight is 386 g/mol. The molecule has 1 aromatic heterocycles. The first-order valence-electron chi connectivity index (χ1n) is 8.05. The van der Waals surface area contributed by atoms with Gasteiger partial charge in [0.05, 0.1) is 5.75 Å². The Morgan fingerprint density at radius 3 is 2.63 bits per heavy atom. The van der Waals surface area contributed by atoms with E-state index in [0.717, 1.165) is 0 Å². The third kappa shape index (κ3) is 4.79. The van der Waals surface area contributed by atoms with E-state index in [1.54, 1.807) is 28.8 Å². The molecular formula is C19H16F2N4OS. The molecule has 0 radical (unpaired) electrons. The summed E-state index contributed by atoms with van der Waals surface area (Å²) in [6, 6.07) is 11.6. The molecule has 0 atom stereocenters. The second-order valence-corrected chi connectivity index (χ2v) is 6.50. The molecular weight excluding hydrogens is 370 g/mol. The monoisotopic (exact) mass is 386 g/mol. The van der Waals surface area contributed by atoms with Gasteiger partial charge in [-0.1, -0.05) is 23.9 Å². The Morgan fingerprint density at radius 1 is 1.15 bits per heavy atom. The van der Waals surface area contributed by atoms with E-state index in [0.29, 0.717) is 28.8 Å². The van der Waals surface area contributed by atoms with Crippen LogP contribution in [0.5, 0.6) is 0 Å². The van der Waals surface area contributed by atoms with Crippen molar-refractivity contribution in [2.75, 3.05) is 11.1 Å². The van der Waals surface area contributed by atoms with Gasteiger partial charge < -0.3 is 5.32 Å². The van der Waals surface area contributed by atoms with E-state index in [2.05, 4.69) is 22.1 Å². The fourth-order valence-electron chi connectivity index (χ4n) is 2.40. The number of nitrogens with zero attached hydrogens (tertiary/aromatic N) is 3. The highest BCUT2D eigenvalue weighted by Gasteiger charge is 2.15. The Morgan fingerprint density at radius 2 is 1.93 bits per heavy atom. The number of halogens is 2. The molecule has 3 aromatic rings. The highest BCUT2D eigenvalue weighted by Crippen LogP contribution is 2.24. The molecule has 138 valence electrons. The quantitative estimate of drug-likeness (QED) is 0.490. The van der Waals surface area contributed by atoms with Crippen LogP contribution in [0.3, 0.4) is 0 Å². The largest absolute Gasteiger partial charge is 0.325 e. The van der Waals surface area contributed by atoms with E-state index in [1.807, 2.05) is 0 Å². The summed E-state index contributed by atoms with van der Waals surface area (Å²) in [4.78, 5) is 12.1. The zero-order valence-corrected chi connectivity index (χ0v) is 15.0. The van der Waals surface area contributed by atoms with Crippen LogP contribution >= 0.6 is 11.8 Å². The normalized spacial score (nSPS) is 10.6. The summed E-state index contributed by atoms with van der Waals surface area (Å²) in [5, 5.41) is 11.4. The standard InChI is InChI=1S/C19H16F2N4OS/c1-2-10-25-18(13-6-8-14(20)9-7-13)23-24-19(25)27-12-17(26)22-16-5-3-4-15(21)11-16/h2-9,11H,1,10,12H2,(H,22,26). The zero-order chi connectivity index (χ0) is 19.2. The van der Waals surface area contributed by atoms with Gasteiger partial charge in [-0.2, -0.15) is 0 Å². The summed E-state index contributed by atoms with van der Waals surface area (Å²) in [5.41, 5.74) is 1.10. The second kappa shape index (κ2) is 8.59. The highest BCUT2D eigenvalue weighted by atomic mass is 32.2. The maximum absolute atomic E-state index is 13.2. The van der Waals surface area contributed by atoms with Crippen molar-refractivity contribution in [3.63, 3.8) is 0 Å². The van der Waals surface area contributed by atoms with E-state index < -0.39 is 5.82 Å². The Bertz CT molecular complexity index is 957. The highest BCUT2D eigenvalue weighted by molar-refractivity contribution is 7.99. The topological polar surface area (TPSA) is 59.8 Å². The Hall–Kier alpha value is -3.00. The van der Waals surface area contributed by atoms with Crippen LogP contribution in [0.4, 0.5) is 14.5 Å². The number of rotatable bonds is 7. The van der Waals surface area contributed by atoms with E-state index in [9.17, 15) is 13.6 Å². The first-order valence-corrected chi connectivity index (χ1v) is 9.03. The van der Waals surface area contributed by atoms with Gasteiger partial charge in [-0.3, -0.25) is 9.36 Å². The van der Waals surface area contributed by atoms with Crippen LogP contribution in [0.15, 0.2) is 66.3 Å². The van der Waals surface area contributed by atoms with Crippen molar-refractivity contribution in [2.24, 2.45) is 0 Å². The molecule has 1 N–H and O–H groups in total. The molecule has 0 aliphatic heterocycles. The molecule has 5 nitrogen and oxygen atoms in total. The summed E-state index contributed by atoms with van der Waals surface area (Å²) >= 11 is 1.20. The Kier molecular flexibility index (Phi) is 5.97. The third-order valence-corrected chi connectivity index (χ3v) is 4.54. The van der Waals surface area contributed by atoms with E-state index in [1.165, 1.54) is 42.1 Å². The molecule has 0 saturated carbocycles. The molecule has 0 saturated heterocycles. The summed E-state index contributed by atoms with van der Waals surface area (Å²) < 4.78 is 28.1. The van der Waals surface area contributed by atoms with Gasteiger partial charge in [-0.05, 0) is 42.5 Å². The fraction of sp³-hybridized carbons (Fsp3) is 0.105. The number of benzene rings is 2. The van der Waals surface area contributed by atoms with Crippen molar-refractivity contribution in [3.8, 4) is 11.4 Å².